The lowest BCUT2D eigenvalue weighted by atomic mass is 9.80. The van der Waals surface area contributed by atoms with Crippen molar-refractivity contribution in [3.63, 3.8) is 0 Å². The van der Waals surface area contributed by atoms with Gasteiger partial charge < -0.3 is 9.47 Å². The van der Waals surface area contributed by atoms with Crippen LogP contribution in [0, 0.1) is 13.8 Å². The highest BCUT2D eigenvalue weighted by atomic mass is 31.1. The average molecular weight is 471 g/mol. The van der Waals surface area contributed by atoms with Crippen molar-refractivity contribution in [2.24, 2.45) is 0 Å². The molecule has 0 saturated heterocycles. The standard InChI is InChI=1S/C29H43O3P/c1-9-11-12-15-29(10-2,33-26-14-13-21(3)16-23(26)19-30)25-18-24(28(5,6)7)17-22(4)27(25)32-20-31-8/h13-14,16-19,33H,9-12,15,20H2,1-8H3. The molecule has 2 aromatic carbocycles. The Balaban J connectivity index is 2.76. The van der Waals surface area contributed by atoms with Crippen LogP contribution in [-0.2, 0) is 15.3 Å². The smallest absolute Gasteiger partial charge is 0.188 e. The lowest BCUT2D eigenvalue weighted by molar-refractivity contribution is 0.0493. The summed E-state index contributed by atoms with van der Waals surface area (Å²) in [5.41, 5.74) is 5.69. The average Bonchev–Trinajstić information content (AvgIpc) is 2.77. The van der Waals surface area contributed by atoms with Crippen LogP contribution < -0.4 is 10.0 Å². The fourth-order valence-corrected chi connectivity index (χ4v) is 6.18. The molecule has 0 spiro atoms. The summed E-state index contributed by atoms with van der Waals surface area (Å²) in [6.07, 6.45) is 6.60. The molecule has 2 atom stereocenters. The molecule has 182 valence electrons. The number of benzene rings is 2. The zero-order valence-electron chi connectivity index (χ0n) is 21.9. The minimum atomic E-state index is -0.0999. The van der Waals surface area contributed by atoms with E-state index < -0.39 is 0 Å². The Morgan fingerprint density at radius 1 is 1.03 bits per heavy atom. The maximum atomic E-state index is 12.0. The molecule has 2 unspecified atom stereocenters. The Kier molecular flexibility index (Phi) is 10.1. The summed E-state index contributed by atoms with van der Waals surface area (Å²) in [5, 5.41) is 1.04. The van der Waals surface area contributed by atoms with Gasteiger partial charge in [-0.1, -0.05) is 92.3 Å². The van der Waals surface area contributed by atoms with Crippen LogP contribution >= 0.6 is 8.58 Å². The molecule has 4 heteroatoms. The Hall–Kier alpha value is -1.70. The van der Waals surface area contributed by atoms with Crippen LogP contribution in [-0.4, -0.2) is 20.2 Å². The van der Waals surface area contributed by atoms with E-state index in [4.69, 9.17) is 9.47 Å². The van der Waals surface area contributed by atoms with Gasteiger partial charge in [-0.25, -0.2) is 0 Å². The monoisotopic (exact) mass is 470 g/mol. The fraction of sp³-hybridized carbons (Fsp3) is 0.552. The van der Waals surface area contributed by atoms with Crippen molar-refractivity contribution >= 4 is 20.2 Å². The van der Waals surface area contributed by atoms with E-state index in [0.29, 0.717) is 8.58 Å². The van der Waals surface area contributed by atoms with E-state index in [9.17, 15) is 4.79 Å². The van der Waals surface area contributed by atoms with Crippen molar-refractivity contribution < 1.29 is 14.3 Å². The second-order valence-electron chi connectivity index (χ2n) is 10.2. The van der Waals surface area contributed by atoms with Gasteiger partial charge in [-0.3, -0.25) is 4.79 Å². The number of aryl methyl sites for hydroxylation is 2. The molecule has 0 radical (unpaired) electrons. The maximum Gasteiger partial charge on any atom is 0.188 e. The lowest BCUT2D eigenvalue weighted by Gasteiger charge is -2.37. The molecule has 0 heterocycles. The van der Waals surface area contributed by atoms with Crippen molar-refractivity contribution in [2.45, 2.75) is 91.1 Å². The molecule has 2 rings (SSSR count). The summed E-state index contributed by atoms with van der Waals surface area (Å²) in [5.74, 6) is 0.940. The van der Waals surface area contributed by atoms with Gasteiger partial charge in [-0.05, 0) is 54.6 Å². The van der Waals surface area contributed by atoms with Gasteiger partial charge in [0.15, 0.2) is 13.1 Å². The first-order valence-corrected chi connectivity index (χ1v) is 13.2. The molecule has 33 heavy (non-hydrogen) atoms. The Bertz CT molecular complexity index is 929. The van der Waals surface area contributed by atoms with Crippen LogP contribution in [0.1, 0.15) is 99.3 Å². The highest BCUT2D eigenvalue weighted by molar-refractivity contribution is 7.48. The SMILES string of the molecule is CCCCCC(CC)(Pc1ccc(C)cc1C=O)c1cc(C(C)(C)C)cc(C)c1OCOC. The highest BCUT2D eigenvalue weighted by Crippen LogP contribution is 2.53. The van der Waals surface area contributed by atoms with Crippen LogP contribution in [0.2, 0.25) is 0 Å². The van der Waals surface area contributed by atoms with Gasteiger partial charge in [0.1, 0.15) is 5.75 Å². The summed E-state index contributed by atoms with van der Waals surface area (Å²) < 4.78 is 11.5. The second-order valence-corrected chi connectivity index (χ2v) is 11.9. The lowest BCUT2D eigenvalue weighted by Crippen LogP contribution is -2.26. The number of carbonyl (C=O) groups excluding carboxylic acids is 1. The van der Waals surface area contributed by atoms with Gasteiger partial charge in [0, 0.05) is 23.4 Å². The molecule has 0 saturated carbocycles. The molecule has 0 N–H and O–H groups in total. The molecule has 0 fully saturated rings. The van der Waals surface area contributed by atoms with E-state index in [-0.39, 0.29) is 17.4 Å². The van der Waals surface area contributed by atoms with Gasteiger partial charge in [0.2, 0.25) is 0 Å². The predicted octanol–water partition coefficient (Wildman–Crippen LogP) is 7.59. The first kappa shape index (κ1) is 27.5. The summed E-state index contributed by atoms with van der Waals surface area (Å²) in [6, 6.07) is 10.9. The van der Waals surface area contributed by atoms with Crippen LogP contribution in [0.3, 0.4) is 0 Å². The van der Waals surface area contributed by atoms with E-state index >= 15 is 0 Å². The zero-order chi connectivity index (χ0) is 24.6. The van der Waals surface area contributed by atoms with Crippen LogP contribution in [0.5, 0.6) is 5.75 Å². The Labute approximate surface area is 203 Å². The zero-order valence-corrected chi connectivity index (χ0v) is 22.9. The molecule has 2 aromatic rings. The quantitative estimate of drug-likeness (QED) is 0.139. The van der Waals surface area contributed by atoms with Gasteiger partial charge in [-0.2, -0.15) is 0 Å². The first-order valence-electron chi connectivity index (χ1n) is 12.2. The molecule has 0 aliphatic rings. The van der Waals surface area contributed by atoms with Crippen LogP contribution in [0.15, 0.2) is 30.3 Å². The number of ether oxygens (including phenoxy) is 2. The maximum absolute atomic E-state index is 12.0. The number of unbranched alkanes of at least 4 members (excludes halogenated alkanes) is 2. The number of hydrogen-bond donors (Lipinski definition) is 0. The third-order valence-electron chi connectivity index (χ3n) is 6.50. The van der Waals surface area contributed by atoms with E-state index in [1.54, 1.807) is 7.11 Å². The minimum Gasteiger partial charge on any atom is -0.467 e. The summed E-state index contributed by atoms with van der Waals surface area (Å²) in [7, 11) is 2.15. The van der Waals surface area contributed by atoms with Gasteiger partial charge >= 0.3 is 0 Å². The molecular formula is C29H43O3P. The Morgan fingerprint density at radius 3 is 2.33 bits per heavy atom. The molecule has 0 aromatic heterocycles. The number of carbonyl (C=O) groups is 1. The predicted molar refractivity (Wildman–Crippen MR) is 143 cm³/mol. The van der Waals surface area contributed by atoms with Crippen molar-refractivity contribution in [1.82, 2.24) is 0 Å². The fourth-order valence-electron chi connectivity index (χ4n) is 4.42. The molecule has 0 aliphatic carbocycles. The molecule has 0 bridgehead atoms. The number of aldehydes is 1. The summed E-state index contributed by atoms with van der Waals surface area (Å²) in [6.45, 7) is 15.7. The van der Waals surface area contributed by atoms with Crippen LogP contribution in [0.25, 0.3) is 0 Å². The van der Waals surface area contributed by atoms with Crippen LogP contribution in [0.4, 0.5) is 0 Å². The van der Waals surface area contributed by atoms with Crippen molar-refractivity contribution in [2.75, 3.05) is 13.9 Å². The van der Waals surface area contributed by atoms with Gasteiger partial charge in [0.05, 0.1) is 0 Å². The number of rotatable bonds is 12. The van der Waals surface area contributed by atoms with E-state index in [1.807, 2.05) is 13.0 Å². The van der Waals surface area contributed by atoms with E-state index in [0.717, 1.165) is 53.3 Å². The number of methoxy groups -OCH3 is 1. The Morgan fingerprint density at radius 2 is 1.76 bits per heavy atom. The summed E-state index contributed by atoms with van der Waals surface area (Å²) in [4.78, 5) is 12.0. The highest BCUT2D eigenvalue weighted by Gasteiger charge is 2.36. The van der Waals surface area contributed by atoms with Gasteiger partial charge in [0.25, 0.3) is 0 Å². The largest absolute Gasteiger partial charge is 0.467 e. The molecule has 0 amide bonds. The number of hydrogen-bond acceptors (Lipinski definition) is 3. The molecule has 3 nitrogen and oxygen atoms in total. The van der Waals surface area contributed by atoms with E-state index in [1.165, 1.54) is 24.0 Å². The van der Waals surface area contributed by atoms with Crippen molar-refractivity contribution in [3.05, 3.63) is 58.1 Å². The summed E-state index contributed by atoms with van der Waals surface area (Å²) >= 11 is 0. The third-order valence-corrected chi connectivity index (χ3v) is 8.57. The van der Waals surface area contributed by atoms with Crippen molar-refractivity contribution in [3.8, 4) is 5.75 Å². The van der Waals surface area contributed by atoms with E-state index in [2.05, 4.69) is 65.8 Å². The normalized spacial score (nSPS) is 13.9. The van der Waals surface area contributed by atoms with Gasteiger partial charge in [-0.15, -0.1) is 0 Å². The molecular weight excluding hydrogens is 427 g/mol. The minimum absolute atomic E-state index is 0.0309. The topological polar surface area (TPSA) is 35.5 Å². The second kappa shape index (κ2) is 12.1. The van der Waals surface area contributed by atoms with Crippen molar-refractivity contribution in [1.29, 1.82) is 0 Å². The third kappa shape index (κ3) is 6.90. The molecule has 0 aliphatic heterocycles. The first-order chi connectivity index (χ1) is 15.6.